The molecule has 0 aromatic carbocycles. The molecule has 0 aliphatic carbocycles. The first-order chi connectivity index (χ1) is 10.1. The highest BCUT2D eigenvalue weighted by Crippen LogP contribution is 2.21. The SMILES string of the molecule is Cc1noc(C)c1C(=O)N1CCC(Oc2cnccn2)C1. The van der Waals surface area contributed by atoms with Crippen LogP contribution in [-0.2, 0) is 0 Å². The summed E-state index contributed by atoms with van der Waals surface area (Å²) >= 11 is 0. The van der Waals surface area contributed by atoms with Crippen molar-refractivity contribution in [2.45, 2.75) is 26.4 Å². The maximum atomic E-state index is 12.5. The average Bonchev–Trinajstić information content (AvgIpc) is 3.07. The fourth-order valence-electron chi connectivity index (χ4n) is 2.47. The third-order valence-corrected chi connectivity index (χ3v) is 3.51. The van der Waals surface area contributed by atoms with Crippen molar-refractivity contribution < 1.29 is 14.1 Å². The van der Waals surface area contributed by atoms with Gasteiger partial charge in [0.05, 0.1) is 18.4 Å². The Bertz CT molecular complexity index is 621. The summed E-state index contributed by atoms with van der Waals surface area (Å²) in [5.74, 6) is 0.974. The van der Waals surface area contributed by atoms with Crippen LogP contribution in [0, 0.1) is 13.8 Å². The van der Waals surface area contributed by atoms with E-state index in [9.17, 15) is 4.79 Å². The monoisotopic (exact) mass is 288 g/mol. The predicted molar refractivity (Wildman–Crippen MR) is 72.9 cm³/mol. The van der Waals surface area contributed by atoms with Crippen LogP contribution in [0.2, 0.25) is 0 Å². The maximum absolute atomic E-state index is 12.5. The lowest BCUT2D eigenvalue weighted by Crippen LogP contribution is -2.31. The molecule has 3 rings (SSSR count). The minimum absolute atomic E-state index is 0.0588. The number of aryl methyl sites for hydroxylation is 2. The molecule has 1 atom stereocenters. The van der Waals surface area contributed by atoms with Crippen LogP contribution in [0.3, 0.4) is 0 Å². The van der Waals surface area contributed by atoms with Gasteiger partial charge in [-0.15, -0.1) is 0 Å². The molecule has 7 nitrogen and oxygen atoms in total. The quantitative estimate of drug-likeness (QED) is 0.848. The third-order valence-electron chi connectivity index (χ3n) is 3.51. The summed E-state index contributed by atoms with van der Waals surface area (Å²) in [5, 5.41) is 3.82. The van der Waals surface area contributed by atoms with E-state index in [2.05, 4.69) is 15.1 Å². The molecule has 7 heteroatoms. The van der Waals surface area contributed by atoms with Crippen molar-refractivity contribution in [3.63, 3.8) is 0 Å². The van der Waals surface area contributed by atoms with Gasteiger partial charge >= 0.3 is 0 Å². The number of hydrogen-bond donors (Lipinski definition) is 0. The molecule has 1 unspecified atom stereocenters. The second-order valence-electron chi connectivity index (χ2n) is 5.02. The first-order valence-electron chi connectivity index (χ1n) is 6.80. The summed E-state index contributed by atoms with van der Waals surface area (Å²) in [6.45, 7) is 4.69. The van der Waals surface area contributed by atoms with E-state index in [0.717, 1.165) is 6.42 Å². The Morgan fingerprint density at radius 3 is 2.95 bits per heavy atom. The average molecular weight is 288 g/mol. The number of nitrogens with zero attached hydrogens (tertiary/aromatic N) is 4. The second kappa shape index (κ2) is 5.51. The Kier molecular flexibility index (Phi) is 3.55. The fraction of sp³-hybridized carbons (Fsp3) is 0.429. The van der Waals surface area contributed by atoms with E-state index in [1.807, 2.05) is 0 Å². The van der Waals surface area contributed by atoms with E-state index in [0.29, 0.717) is 36.0 Å². The molecular formula is C14H16N4O3. The summed E-state index contributed by atoms with van der Waals surface area (Å²) in [6.07, 6.45) is 5.45. The Morgan fingerprint density at radius 2 is 2.29 bits per heavy atom. The van der Waals surface area contributed by atoms with E-state index in [4.69, 9.17) is 9.26 Å². The minimum atomic E-state index is -0.0638. The molecule has 2 aromatic heterocycles. The molecule has 0 saturated carbocycles. The topological polar surface area (TPSA) is 81.4 Å². The van der Waals surface area contributed by atoms with Crippen molar-refractivity contribution in [1.82, 2.24) is 20.0 Å². The molecule has 3 heterocycles. The predicted octanol–water partition coefficient (Wildman–Crippen LogP) is 1.37. The lowest BCUT2D eigenvalue weighted by atomic mass is 10.2. The van der Waals surface area contributed by atoms with Gasteiger partial charge in [0.25, 0.3) is 5.91 Å². The van der Waals surface area contributed by atoms with E-state index in [-0.39, 0.29) is 12.0 Å². The molecule has 1 aliphatic rings. The first kappa shape index (κ1) is 13.5. The van der Waals surface area contributed by atoms with Gasteiger partial charge in [0.2, 0.25) is 5.88 Å². The Hall–Kier alpha value is -2.44. The Balaban J connectivity index is 1.66. The zero-order valence-corrected chi connectivity index (χ0v) is 11.9. The van der Waals surface area contributed by atoms with Gasteiger partial charge in [0.15, 0.2) is 0 Å². The van der Waals surface area contributed by atoms with Gasteiger partial charge in [0, 0.05) is 25.4 Å². The molecule has 2 aromatic rings. The molecule has 0 bridgehead atoms. The van der Waals surface area contributed by atoms with Crippen molar-refractivity contribution in [3.05, 3.63) is 35.6 Å². The largest absolute Gasteiger partial charge is 0.471 e. The van der Waals surface area contributed by atoms with Crippen LogP contribution in [0.25, 0.3) is 0 Å². The van der Waals surface area contributed by atoms with Gasteiger partial charge in [-0.3, -0.25) is 9.78 Å². The zero-order valence-electron chi connectivity index (χ0n) is 11.9. The number of likely N-dealkylation sites (tertiary alicyclic amines) is 1. The van der Waals surface area contributed by atoms with E-state index >= 15 is 0 Å². The molecule has 0 spiro atoms. The summed E-state index contributed by atoms with van der Waals surface area (Å²) in [4.78, 5) is 22.3. The van der Waals surface area contributed by atoms with Gasteiger partial charge in [-0.05, 0) is 13.8 Å². The van der Waals surface area contributed by atoms with Crippen LogP contribution < -0.4 is 4.74 Å². The number of rotatable bonds is 3. The molecule has 110 valence electrons. The number of carbonyl (C=O) groups excluding carboxylic acids is 1. The van der Waals surface area contributed by atoms with Crippen LogP contribution in [0.4, 0.5) is 0 Å². The van der Waals surface area contributed by atoms with Crippen molar-refractivity contribution >= 4 is 5.91 Å². The molecule has 1 amide bonds. The van der Waals surface area contributed by atoms with E-state index in [1.165, 1.54) is 0 Å². The number of carbonyl (C=O) groups is 1. The first-order valence-corrected chi connectivity index (χ1v) is 6.80. The molecule has 0 radical (unpaired) electrons. The second-order valence-corrected chi connectivity index (χ2v) is 5.02. The molecule has 1 aliphatic heterocycles. The number of amides is 1. The lowest BCUT2D eigenvalue weighted by molar-refractivity contribution is 0.0768. The molecule has 1 fully saturated rings. The normalized spacial score (nSPS) is 18.0. The standard InChI is InChI=1S/C14H16N4O3/c1-9-13(10(2)21-17-9)14(19)18-6-3-11(8-18)20-12-7-15-4-5-16-12/h4-5,7,11H,3,6,8H2,1-2H3. The number of hydrogen-bond acceptors (Lipinski definition) is 6. The van der Waals surface area contributed by atoms with Crippen LogP contribution in [0.15, 0.2) is 23.1 Å². The van der Waals surface area contributed by atoms with Crippen LogP contribution in [0.1, 0.15) is 28.2 Å². The summed E-state index contributed by atoms with van der Waals surface area (Å²) in [5.41, 5.74) is 1.17. The molecule has 1 saturated heterocycles. The van der Waals surface area contributed by atoms with Crippen LogP contribution >= 0.6 is 0 Å². The fourth-order valence-corrected chi connectivity index (χ4v) is 2.47. The van der Waals surface area contributed by atoms with E-state index < -0.39 is 0 Å². The number of aromatic nitrogens is 3. The molecular weight excluding hydrogens is 272 g/mol. The van der Waals surface area contributed by atoms with Gasteiger partial charge in [-0.25, -0.2) is 4.98 Å². The van der Waals surface area contributed by atoms with Gasteiger partial charge < -0.3 is 14.2 Å². The smallest absolute Gasteiger partial charge is 0.259 e. The summed E-state index contributed by atoms with van der Waals surface area (Å²) < 4.78 is 10.8. The molecule has 21 heavy (non-hydrogen) atoms. The number of ether oxygens (including phenoxy) is 1. The zero-order chi connectivity index (χ0) is 14.8. The summed E-state index contributed by atoms with van der Waals surface area (Å²) in [7, 11) is 0. The Labute approximate surface area is 121 Å². The highest BCUT2D eigenvalue weighted by molar-refractivity contribution is 5.96. The van der Waals surface area contributed by atoms with Gasteiger partial charge in [0.1, 0.15) is 17.4 Å². The van der Waals surface area contributed by atoms with E-state index in [1.54, 1.807) is 37.3 Å². The van der Waals surface area contributed by atoms with Crippen molar-refractivity contribution in [1.29, 1.82) is 0 Å². The highest BCUT2D eigenvalue weighted by Gasteiger charge is 2.31. The molecule has 0 N–H and O–H groups in total. The van der Waals surface area contributed by atoms with Crippen molar-refractivity contribution in [3.8, 4) is 5.88 Å². The third kappa shape index (κ3) is 2.72. The van der Waals surface area contributed by atoms with Crippen molar-refractivity contribution in [2.75, 3.05) is 13.1 Å². The minimum Gasteiger partial charge on any atom is -0.471 e. The lowest BCUT2D eigenvalue weighted by Gasteiger charge is -2.16. The van der Waals surface area contributed by atoms with Crippen LogP contribution in [-0.4, -0.2) is 45.1 Å². The van der Waals surface area contributed by atoms with Gasteiger partial charge in [-0.2, -0.15) is 0 Å². The summed E-state index contributed by atoms with van der Waals surface area (Å²) in [6, 6.07) is 0. The van der Waals surface area contributed by atoms with Crippen molar-refractivity contribution in [2.24, 2.45) is 0 Å². The maximum Gasteiger partial charge on any atom is 0.259 e. The van der Waals surface area contributed by atoms with Crippen LogP contribution in [0.5, 0.6) is 5.88 Å². The van der Waals surface area contributed by atoms with Gasteiger partial charge in [-0.1, -0.05) is 5.16 Å². The highest BCUT2D eigenvalue weighted by atomic mass is 16.5. The Morgan fingerprint density at radius 1 is 1.43 bits per heavy atom.